The highest BCUT2D eigenvalue weighted by Gasteiger charge is 2.27. The summed E-state index contributed by atoms with van der Waals surface area (Å²) in [6.45, 7) is 6.54. The van der Waals surface area contributed by atoms with Crippen LogP contribution in [0.3, 0.4) is 0 Å². The maximum absolute atomic E-state index is 5.72. The van der Waals surface area contributed by atoms with Gasteiger partial charge in [0.1, 0.15) is 11.6 Å². The van der Waals surface area contributed by atoms with Crippen LogP contribution in [0.15, 0.2) is 29.1 Å². The molecular formula is C17H22N4O2S. The zero-order valence-electron chi connectivity index (χ0n) is 13.6. The summed E-state index contributed by atoms with van der Waals surface area (Å²) >= 11 is 1.74. The molecule has 0 bridgehead atoms. The number of nitrogens with zero attached hydrogens (tertiary/aromatic N) is 4. The minimum atomic E-state index is 0.111. The Hall–Kier alpha value is -1.54. The first kappa shape index (κ1) is 16.0. The molecule has 4 heterocycles. The van der Waals surface area contributed by atoms with Gasteiger partial charge in [-0.25, -0.2) is 9.97 Å². The second kappa shape index (κ2) is 7.57. The van der Waals surface area contributed by atoms with Crippen LogP contribution in [0.25, 0.3) is 0 Å². The lowest BCUT2D eigenvalue weighted by atomic mass is 10.2. The zero-order chi connectivity index (χ0) is 16.2. The fourth-order valence-corrected chi connectivity index (χ4v) is 3.83. The highest BCUT2D eigenvalue weighted by atomic mass is 32.1. The number of thiophene rings is 1. The fraction of sp³-hybridized carbons (Fsp3) is 0.529. The van der Waals surface area contributed by atoms with Crippen molar-refractivity contribution in [2.75, 3.05) is 51.0 Å². The highest BCUT2D eigenvalue weighted by Crippen LogP contribution is 2.25. The molecule has 128 valence electrons. The van der Waals surface area contributed by atoms with Crippen LogP contribution < -0.4 is 4.90 Å². The van der Waals surface area contributed by atoms with E-state index in [4.69, 9.17) is 14.5 Å². The number of aromatic nitrogens is 2. The second-order valence-corrected chi connectivity index (χ2v) is 6.85. The third kappa shape index (κ3) is 3.59. The van der Waals surface area contributed by atoms with Crippen molar-refractivity contribution in [2.45, 2.75) is 12.6 Å². The van der Waals surface area contributed by atoms with Crippen molar-refractivity contribution in [1.82, 2.24) is 14.9 Å². The predicted molar refractivity (Wildman–Crippen MR) is 93.4 cm³/mol. The van der Waals surface area contributed by atoms with Crippen molar-refractivity contribution in [3.05, 3.63) is 40.5 Å². The first-order chi connectivity index (χ1) is 11.9. The van der Waals surface area contributed by atoms with Gasteiger partial charge in [-0.1, -0.05) is 0 Å². The molecule has 24 heavy (non-hydrogen) atoms. The smallest absolute Gasteiger partial charge is 0.150 e. The lowest BCUT2D eigenvalue weighted by molar-refractivity contribution is -0.0158. The number of rotatable bonds is 4. The van der Waals surface area contributed by atoms with Crippen molar-refractivity contribution >= 4 is 17.2 Å². The monoisotopic (exact) mass is 346 g/mol. The van der Waals surface area contributed by atoms with E-state index in [0.29, 0.717) is 6.61 Å². The van der Waals surface area contributed by atoms with Crippen LogP contribution in [0.5, 0.6) is 0 Å². The van der Waals surface area contributed by atoms with Gasteiger partial charge in [-0.05, 0) is 28.5 Å². The van der Waals surface area contributed by atoms with Gasteiger partial charge in [-0.15, -0.1) is 0 Å². The second-order valence-electron chi connectivity index (χ2n) is 6.07. The van der Waals surface area contributed by atoms with Gasteiger partial charge in [-0.3, -0.25) is 4.90 Å². The topological polar surface area (TPSA) is 50.7 Å². The Morgan fingerprint density at radius 3 is 2.83 bits per heavy atom. The van der Waals surface area contributed by atoms with Gasteiger partial charge in [-0.2, -0.15) is 11.3 Å². The Labute approximate surface area is 146 Å². The number of anilines is 1. The Morgan fingerprint density at radius 1 is 1.12 bits per heavy atom. The zero-order valence-corrected chi connectivity index (χ0v) is 14.5. The first-order valence-electron chi connectivity index (χ1n) is 8.39. The molecule has 0 N–H and O–H groups in total. The molecule has 0 spiro atoms. The molecule has 0 radical (unpaired) electrons. The maximum atomic E-state index is 5.72. The van der Waals surface area contributed by atoms with Gasteiger partial charge < -0.3 is 14.4 Å². The van der Waals surface area contributed by atoms with Crippen LogP contribution >= 0.6 is 11.3 Å². The van der Waals surface area contributed by atoms with E-state index in [1.807, 2.05) is 12.3 Å². The Kier molecular flexibility index (Phi) is 5.03. The summed E-state index contributed by atoms with van der Waals surface area (Å²) in [5.74, 6) is 1.85. The average molecular weight is 346 g/mol. The van der Waals surface area contributed by atoms with Crippen molar-refractivity contribution in [1.29, 1.82) is 0 Å². The molecule has 2 aromatic rings. The van der Waals surface area contributed by atoms with E-state index in [9.17, 15) is 0 Å². The van der Waals surface area contributed by atoms with Crippen LogP contribution in [0, 0.1) is 0 Å². The van der Waals surface area contributed by atoms with E-state index in [1.54, 1.807) is 11.3 Å². The van der Waals surface area contributed by atoms with E-state index in [1.165, 1.54) is 5.56 Å². The van der Waals surface area contributed by atoms with Crippen molar-refractivity contribution in [2.24, 2.45) is 0 Å². The predicted octanol–water partition coefficient (Wildman–Crippen LogP) is 1.95. The van der Waals surface area contributed by atoms with Gasteiger partial charge in [0.25, 0.3) is 0 Å². The lowest BCUT2D eigenvalue weighted by Gasteiger charge is -2.35. The number of ether oxygens (including phenoxy) is 2. The molecule has 2 aliphatic rings. The van der Waals surface area contributed by atoms with Gasteiger partial charge in [0, 0.05) is 32.4 Å². The molecule has 2 aliphatic heterocycles. The summed E-state index contributed by atoms with van der Waals surface area (Å²) in [7, 11) is 0. The molecule has 7 heteroatoms. The molecule has 2 aromatic heterocycles. The lowest BCUT2D eigenvalue weighted by Crippen LogP contribution is -2.40. The molecular weight excluding hydrogens is 324 g/mol. The molecule has 0 aromatic carbocycles. The third-order valence-electron chi connectivity index (χ3n) is 4.50. The Bertz CT molecular complexity index is 646. The molecule has 0 aliphatic carbocycles. The van der Waals surface area contributed by atoms with Crippen LogP contribution in [-0.2, 0) is 16.0 Å². The molecule has 1 unspecified atom stereocenters. The van der Waals surface area contributed by atoms with E-state index in [0.717, 1.165) is 57.6 Å². The quantitative estimate of drug-likeness (QED) is 0.843. The van der Waals surface area contributed by atoms with Crippen molar-refractivity contribution in [3.8, 4) is 0 Å². The standard InChI is InChI=1S/C17H22N4O2S/c1-3-18-17(19-16(1)20-4-7-22-8-5-20)15-12-23-9-6-21(15)11-14-2-10-24-13-14/h1-3,10,13,15H,4-9,11-12H2. The van der Waals surface area contributed by atoms with Crippen LogP contribution in [0.1, 0.15) is 17.4 Å². The van der Waals surface area contributed by atoms with Gasteiger partial charge in [0.05, 0.1) is 32.5 Å². The maximum Gasteiger partial charge on any atom is 0.150 e. The minimum absolute atomic E-state index is 0.111. The van der Waals surface area contributed by atoms with Crippen LogP contribution in [-0.4, -0.2) is 60.9 Å². The minimum Gasteiger partial charge on any atom is -0.378 e. The number of hydrogen-bond donors (Lipinski definition) is 0. The van der Waals surface area contributed by atoms with Crippen molar-refractivity contribution < 1.29 is 9.47 Å². The molecule has 1 atom stereocenters. The Balaban J connectivity index is 1.53. The fourth-order valence-electron chi connectivity index (χ4n) is 3.18. The SMILES string of the molecule is c1cc(N2CCOCC2)nc(C2COCCN2Cc2ccsc2)n1. The first-order valence-corrected chi connectivity index (χ1v) is 9.33. The summed E-state index contributed by atoms with van der Waals surface area (Å²) in [5, 5.41) is 4.33. The molecule has 0 amide bonds. The number of morpholine rings is 2. The summed E-state index contributed by atoms with van der Waals surface area (Å²) in [4.78, 5) is 14.1. The summed E-state index contributed by atoms with van der Waals surface area (Å²) in [6, 6.07) is 4.28. The van der Waals surface area contributed by atoms with Gasteiger partial charge >= 0.3 is 0 Å². The van der Waals surface area contributed by atoms with Crippen LogP contribution in [0.2, 0.25) is 0 Å². The van der Waals surface area contributed by atoms with E-state index < -0.39 is 0 Å². The van der Waals surface area contributed by atoms with E-state index in [-0.39, 0.29) is 6.04 Å². The molecule has 2 fully saturated rings. The average Bonchev–Trinajstić information content (AvgIpc) is 3.16. The highest BCUT2D eigenvalue weighted by molar-refractivity contribution is 7.07. The van der Waals surface area contributed by atoms with Gasteiger partial charge in [0.15, 0.2) is 0 Å². The molecule has 2 saturated heterocycles. The third-order valence-corrected chi connectivity index (χ3v) is 5.23. The normalized spacial score (nSPS) is 22.7. The summed E-state index contributed by atoms with van der Waals surface area (Å²) in [6.07, 6.45) is 1.87. The van der Waals surface area contributed by atoms with E-state index >= 15 is 0 Å². The molecule has 0 saturated carbocycles. The van der Waals surface area contributed by atoms with E-state index in [2.05, 4.69) is 31.6 Å². The number of hydrogen-bond acceptors (Lipinski definition) is 7. The largest absolute Gasteiger partial charge is 0.378 e. The molecule has 4 rings (SSSR count). The Morgan fingerprint density at radius 2 is 2.00 bits per heavy atom. The van der Waals surface area contributed by atoms with Crippen molar-refractivity contribution in [3.63, 3.8) is 0 Å². The van der Waals surface area contributed by atoms with Crippen LogP contribution in [0.4, 0.5) is 5.82 Å². The summed E-state index contributed by atoms with van der Waals surface area (Å²) < 4.78 is 11.1. The molecule has 6 nitrogen and oxygen atoms in total. The summed E-state index contributed by atoms with van der Waals surface area (Å²) in [5.41, 5.74) is 1.34. The van der Waals surface area contributed by atoms with Gasteiger partial charge in [0.2, 0.25) is 0 Å².